The zero-order valence-electron chi connectivity index (χ0n) is 13.2. The van der Waals surface area contributed by atoms with Crippen LogP contribution in [-0.4, -0.2) is 45.3 Å². The highest BCUT2D eigenvalue weighted by Gasteiger charge is 2.12. The van der Waals surface area contributed by atoms with Crippen LogP contribution in [-0.2, 0) is 19.1 Å². The number of hydrogen-bond donors (Lipinski definition) is 2. The van der Waals surface area contributed by atoms with Crippen LogP contribution in [0.2, 0.25) is 0 Å². The van der Waals surface area contributed by atoms with Crippen LogP contribution in [0.4, 0.5) is 16.2 Å². The molecule has 1 rings (SSSR count). The molecule has 0 spiro atoms. The van der Waals surface area contributed by atoms with E-state index in [4.69, 9.17) is 5.73 Å². The number of benzene rings is 1. The Kier molecular flexibility index (Phi) is 7.38. The number of nitrogens with two attached hydrogens (primary N) is 1. The summed E-state index contributed by atoms with van der Waals surface area (Å²) in [4.78, 5) is 35.4. The molecule has 126 valence electrons. The first-order valence-electron chi connectivity index (χ1n) is 7.01. The quantitative estimate of drug-likeness (QED) is 0.693. The lowest BCUT2D eigenvalue weighted by molar-refractivity contribution is -0.140. The summed E-state index contributed by atoms with van der Waals surface area (Å²) in [7, 11) is 2.64. The summed E-state index contributed by atoms with van der Waals surface area (Å²) >= 11 is 0. The average molecular weight is 323 g/mol. The fourth-order valence-corrected chi connectivity index (χ4v) is 1.95. The Morgan fingerprint density at radius 3 is 2.13 bits per heavy atom. The Bertz CT molecular complexity index is 542. The molecule has 1 aromatic rings. The van der Waals surface area contributed by atoms with E-state index in [2.05, 4.69) is 14.8 Å². The van der Waals surface area contributed by atoms with Crippen LogP contribution in [0.1, 0.15) is 12.8 Å². The maximum atomic E-state index is 11.3. The molecule has 0 aromatic heterocycles. The molecule has 0 unspecified atom stereocenters. The van der Waals surface area contributed by atoms with Gasteiger partial charge in [0, 0.05) is 24.5 Å². The van der Waals surface area contributed by atoms with Crippen LogP contribution in [0.25, 0.3) is 0 Å². The molecule has 0 aliphatic heterocycles. The van der Waals surface area contributed by atoms with Crippen molar-refractivity contribution in [2.75, 3.05) is 37.5 Å². The number of anilines is 2. The molecule has 0 saturated heterocycles. The van der Waals surface area contributed by atoms with Gasteiger partial charge in [0.15, 0.2) is 0 Å². The highest BCUT2D eigenvalue weighted by atomic mass is 16.5. The molecule has 0 bridgehead atoms. The molecule has 0 heterocycles. The summed E-state index contributed by atoms with van der Waals surface area (Å²) < 4.78 is 9.26. The molecule has 23 heavy (non-hydrogen) atoms. The number of esters is 2. The first-order valence-corrected chi connectivity index (χ1v) is 7.01. The van der Waals surface area contributed by atoms with Crippen molar-refractivity contribution >= 4 is 29.3 Å². The summed E-state index contributed by atoms with van der Waals surface area (Å²) in [5.74, 6) is -0.695. The van der Waals surface area contributed by atoms with E-state index in [0.29, 0.717) is 18.8 Å². The number of primary amides is 1. The number of amides is 2. The van der Waals surface area contributed by atoms with Crippen molar-refractivity contribution in [2.45, 2.75) is 12.8 Å². The van der Waals surface area contributed by atoms with E-state index in [-0.39, 0.29) is 24.8 Å². The number of ether oxygens (including phenoxy) is 2. The molecule has 0 aliphatic carbocycles. The first-order chi connectivity index (χ1) is 11.0. The lowest BCUT2D eigenvalue weighted by Gasteiger charge is -2.24. The number of rotatable bonds is 8. The van der Waals surface area contributed by atoms with Crippen LogP contribution in [0.15, 0.2) is 24.3 Å². The maximum absolute atomic E-state index is 11.3. The molecule has 8 nitrogen and oxygen atoms in total. The second kappa shape index (κ2) is 9.29. The van der Waals surface area contributed by atoms with Gasteiger partial charge in [-0.2, -0.15) is 0 Å². The molecule has 0 aliphatic rings. The smallest absolute Gasteiger partial charge is 0.316 e. The van der Waals surface area contributed by atoms with Crippen LogP contribution < -0.4 is 16.0 Å². The number of nitrogens with zero attached hydrogens (tertiary/aromatic N) is 1. The van der Waals surface area contributed by atoms with Crippen molar-refractivity contribution in [3.05, 3.63) is 24.3 Å². The Morgan fingerprint density at radius 2 is 1.65 bits per heavy atom. The molecule has 8 heteroatoms. The predicted molar refractivity (Wildman–Crippen MR) is 85.1 cm³/mol. The van der Waals surface area contributed by atoms with Crippen molar-refractivity contribution in [3.8, 4) is 0 Å². The lowest BCUT2D eigenvalue weighted by atomic mass is 10.2. The van der Waals surface area contributed by atoms with Gasteiger partial charge in [-0.25, -0.2) is 4.79 Å². The average Bonchev–Trinajstić information content (AvgIpc) is 2.53. The number of nitrogens with one attached hydrogen (secondary N) is 1. The topological polar surface area (TPSA) is 111 Å². The van der Waals surface area contributed by atoms with E-state index in [1.807, 2.05) is 4.90 Å². The second-order valence-electron chi connectivity index (χ2n) is 4.68. The molecule has 1 aromatic carbocycles. The van der Waals surface area contributed by atoms with Crippen LogP contribution in [0, 0.1) is 0 Å². The number of carbonyl (C=O) groups excluding carboxylic acids is 3. The van der Waals surface area contributed by atoms with E-state index in [9.17, 15) is 14.4 Å². The number of urea groups is 1. The highest BCUT2D eigenvalue weighted by molar-refractivity contribution is 5.88. The third kappa shape index (κ3) is 6.68. The maximum Gasteiger partial charge on any atom is 0.316 e. The molecular formula is C15H21N3O5. The van der Waals surface area contributed by atoms with Crippen molar-refractivity contribution in [2.24, 2.45) is 5.73 Å². The number of methoxy groups -OCH3 is 2. The third-order valence-electron chi connectivity index (χ3n) is 3.11. The van der Waals surface area contributed by atoms with E-state index in [0.717, 1.165) is 5.69 Å². The fourth-order valence-electron chi connectivity index (χ4n) is 1.95. The van der Waals surface area contributed by atoms with Gasteiger partial charge in [-0.3, -0.25) is 9.59 Å². The number of carbonyl (C=O) groups is 3. The first kappa shape index (κ1) is 18.3. The van der Waals surface area contributed by atoms with Gasteiger partial charge in [0.25, 0.3) is 0 Å². The minimum Gasteiger partial charge on any atom is -0.469 e. The summed E-state index contributed by atoms with van der Waals surface area (Å²) in [5, 5.41) is 2.48. The molecule has 0 radical (unpaired) electrons. The van der Waals surface area contributed by atoms with Crippen molar-refractivity contribution in [1.29, 1.82) is 0 Å². The molecule has 3 N–H and O–H groups in total. The monoisotopic (exact) mass is 323 g/mol. The molecule has 0 saturated carbocycles. The Morgan fingerprint density at radius 1 is 1.09 bits per heavy atom. The van der Waals surface area contributed by atoms with Crippen LogP contribution in [0.5, 0.6) is 0 Å². The third-order valence-corrected chi connectivity index (χ3v) is 3.11. The van der Waals surface area contributed by atoms with Gasteiger partial charge < -0.3 is 25.4 Å². The van der Waals surface area contributed by atoms with E-state index in [1.54, 1.807) is 24.3 Å². The van der Waals surface area contributed by atoms with Gasteiger partial charge in [0.2, 0.25) is 0 Å². The largest absolute Gasteiger partial charge is 0.469 e. The predicted octanol–water partition coefficient (Wildman–Crippen LogP) is 1.11. The molecule has 0 atom stereocenters. The number of hydrogen-bond acceptors (Lipinski definition) is 6. The zero-order valence-corrected chi connectivity index (χ0v) is 13.2. The van der Waals surface area contributed by atoms with Crippen molar-refractivity contribution < 1.29 is 23.9 Å². The molecule has 0 fully saturated rings. The van der Waals surface area contributed by atoms with Gasteiger partial charge >= 0.3 is 18.0 Å². The Balaban J connectivity index is 2.85. The van der Waals surface area contributed by atoms with Crippen LogP contribution >= 0.6 is 0 Å². The SMILES string of the molecule is COC(=O)CCN(CCC(=O)OC)c1cccc(NC(N)=O)c1. The van der Waals surface area contributed by atoms with E-state index >= 15 is 0 Å². The van der Waals surface area contributed by atoms with Crippen LogP contribution in [0.3, 0.4) is 0 Å². The second-order valence-corrected chi connectivity index (χ2v) is 4.68. The fraction of sp³-hybridized carbons (Fsp3) is 0.400. The van der Waals surface area contributed by atoms with Gasteiger partial charge in [-0.15, -0.1) is 0 Å². The Hall–Kier alpha value is -2.77. The minimum atomic E-state index is -0.669. The van der Waals surface area contributed by atoms with E-state index < -0.39 is 6.03 Å². The normalized spacial score (nSPS) is 9.83. The standard InChI is InChI=1S/C15H21N3O5/c1-22-13(19)6-8-18(9-7-14(20)23-2)12-5-3-4-11(10-12)17-15(16)21/h3-5,10H,6-9H2,1-2H3,(H3,16,17,21). The molecular weight excluding hydrogens is 302 g/mol. The van der Waals surface area contributed by atoms with Gasteiger partial charge in [0.05, 0.1) is 27.1 Å². The summed E-state index contributed by atoms with van der Waals surface area (Å²) in [6, 6.07) is 6.27. The lowest BCUT2D eigenvalue weighted by Crippen LogP contribution is -2.29. The summed E-state index contributed by atoms with van der Waals surface area (Å²) in [6.45, 7) is 0.730. The van der Waals surface area contributed by atoms with Gasteiger partial charge in [-0.1, -0.05) is 6.07 Å². The van der Waals surface area contributed by atoms with Gasteiger partial charge in [0.1, 0.15) is 0 Å². The van der Waals surface area contributed by atoms with Crippen molar-refractivity contribution in [3.63, 3.8) is 0 Å². The zero-order chi connectivity index (χ0) is 17.2. The summed E-state index contributed by atoms with van der Waals surface area (Å²) in [5.41, 5.74) is 6.36. The minimum absolute atomic E-state index is 0.172. The Labute approximate surface area is 134 Å². The molecule has 2 amide bonds. The van der Waals surface area contributed by atoms with Gasteiger partial charge in [-0.05, 0) is 18.2 Å². The van der Waals surface area contributed by atoms with Crippen molar-refractivity contribution in [1.82, 2.24) is 0 Å². The van der Waals surface area contributed by atoms with E-state index in [1.165, 1.54) is 14.2 Å². The summed E-state index contributed by atoms with van der Waals surface area (Å²) in [6.07, 6.45) is 0.344. The highest BCUT2D eigenvalue weighted by Crippen LogP contribution is 2.20.